The zero-order valence-corrected chi connectivity index (χ0v) is 11.2. The second-order valence-corrected chi connectivity index (χ2v) is 5.23. The summed E-state index contributed by atoms with van der Waals surface area (Å²) in [6.45, 7) is 6.87. The van der Waals surface area contributed by atoms with Gasteiger partial charge in [-0.25, -0.2) is 9.97 Å². The van der Waals surface area contributed by atoms with E-state index in [-0.39, 0.29) is 5.41 Å². The van der Waals surface area contributed by atoms with Crippen molar-refractivity contribution in [2.75, 3.05) is 5.32 Å². The van der Waals surface area contributed by atoms with Crippen LogP contribution in [-0.4, -0.2) is 24.7 Å². The molecule has 0 spiro atoms. The van der Waals surface area contributed by atoms with Crippen LogP contribution in [0.1, 0.15) is 32.4 Å². The monoisotopic (exact) mass is 246 g/mol. The number of aryl methyl sites for hydroxylation is 1. The van der Waals surface area contributed by atoms with E-state index in [0.717, 1.165) is 17.5 Å². The van der Waals surface area contributed by atoms with Gasteiger partial charge in [0.25, 0.3) is 0 Å². The molecule has 6 heteroatoms. The summed E-state index contributed by atoms with van der Waals surface area (Å²) < 4.78 is 1.87. The summed E-state index contributed by atoms with van der Waals surface area (Å²) in [7, 11) is 1.91. The van der Waals surface area contributed by atoms with E-state index >= 15 is 0 Å². The predicted octanol–water partition coefficient (Wildman–Crippen LogP) is 1.51. The van der Waals surface area contributed by atoms with Gasteiger partial charge in [0.1, 0.15) is 18.0 Å². The molecule has 18 heavy (non-hydrogen) atoms. The maximum atomic E-state index is 4.49. The maximum absolute atomic E-state index is 4.49. The third-order valence-corrected chi connectivity index (χ3v) is 2.56. The van der Waals surface area contributed by atoms with Gasteiger partial charge in [-0.3, -0.25) is 0 Å². The molecular formula is C12H18N6. The Kier molecular flexibility index (Phi) is 3.27. The van der Waals surface area contributed by atoms with Gasteiger partial charge in [0.15, 0.2) is 5.82 Å². The molecule has 0 aromatic carbocycles. The standard InChI is InChI=1S/C12H18N6/c1-12(2,3)11-13-6-5-9(16-11)14-7-10-17-15-8-18(10)4/h5-6,8H,7H2,1-4H3,(H,13,14,16). The van der Waals surface area contributed by atoms with Crippen LogP contribution in [-0.2, 0) is 19.0 Å². The molecule has 0 fully saturated rings. The zero-order valence-electron chi connectivity index (χ0n) is 11.2. The van der Waals surface area contributed by atoms with Crippen LogP contribution >= 0.6 is 0 Å². The SMILES string of the molecule is Cn1cnnc1CNc1ccnc(C(C)(C)C)n1. The summed E-state index contributed by atoms with van der Waals surface area (Å²) in [4.78, 5) is 8.78. The Morgan fingerprint density at radius 1 is 1.33 bits per heavy atom. The smallest absolute Gasteiger partial charge is 0.151 e. The topological polar surface area (TPSA) is 68.5 Å². The van der Waals surface area contributed by atoms with E-state index < -0.39 is 0 Å². The highest BCUT2D eigenvalue weighted by atomic mass is 15.3. The summed E-state index contributed by atoms with van der Waals surface area (Å²) in [6, 6.07) is 1.85. The van der Waals surface area contributed by atoms with Gasteiger partial charge in [0, 0.05) is 18.7 Å². The van der Waals surface area contributed by atoms with Crippen molar-refractivity contribution in [3.63, 3.8) is 0 Å². The summed E-state index contributed by atoms with van der Waals surface area (Å²) in [5, 5.41) is 11.1. The number of nitrogens with zero attached hydrogens (tertiary/aromatic N) is 5. The lowest BCUT2D eigenvalue weighted by Gasteiger charge is -2.17. The largest absolute Gasteiger partial charge is 0.363 e. The van der Waals surface area contributed by atoms with Crippen molar-refractivity contribution in [3.05, 3.63) is 30.2 Å². The summed E-state index contributed by atoms with van der Waals surface area (Å²) in [5.74, 6) is 2.49. The molecule has 0 radical (unpaired) electrons. The highest BCUT2D eigenvalue weighted by Gasteiger charge is 2.17. The number of rotatable bonds is 3. The lowest BCUT2D eigenvalue weighted by Crippen LogP contribution is -2.17. The molecule has 2 rings (SSSR count). The van der Waals surface area contributed by atoms with E-state index in [4.69, 9.17) is 0 Å². The number of nitrogens with one attached hydrogen (secondary N) is 1. The van der Waals surface area contributed by atoms with Gasteiger partial charge in [-0.15, -0.1) is 10.2 Å². The molecule has 2 heterocycles. The van der Waals surface area contributed by atoms with Gasteiger partial charge >= 0.3 is 0 Å². The van der Waals surface area contributed by atoms with Crippen molar-refractivity contribution in [1.82, 2.24) is 24.7 Å². The first-order valence-corrected chi connectivity index (χ1v) is 5.87. The van der Waals surface area contributed by atoms with E-state index in [0.29, 0.717) is 6.54 Å². The molecule has 96 valence electrons. The van der Waals surface area contributed by atoms with Crippen LogP contribution in [0.15, 0.2) is 18.6 Å². The number of aromatic nitrogens is 5. The average Bonchev–Trinajstić information content (AvgIpc) is 2.72. The normalized spacial score (nSPS) is 11.6. The second kappa shape index (κ2) is 4.72. The van der Waals surface area contributed by atoms with Gasteiger partial charge < -0.3 is 9.88 Å². The molecule has 0 unspecified atom stereocenters. The molecule has 0 saturated carbocycles. The maximum Gasteiger partial charge on any atom is 0.151 e. The molecule has 0 aliphatic rings. The third-order valence-electron chi connectivity index (χ3n) is 2.56. The molecule has 0 atom stereocenters. The lowest BCUT2D eigenvalue weighted by atomic mass is 9.96. The van der Waals surface area contributed by atoms with E-state index in [1.807, 2.05) is 17.7 Å². The van der Waals surface area contributed by atoms with Gasteiger partial charge in [-0.05, 0) is 6.07 Å². The molecule has 0 amide bonds. The van der Waals surface area contributed by atoms with Crippen molar-refractivity contribution >= 4 is 5.82 Å². The quantitative estimate of drug-likeness (QED) is 0.889. The summed E-state index contributed by atoms with van der Waals surface area (Å²) >= 11 is 0. The van der Waals surface area contributed by atoms with E-state index in [1.54, 1.807) is 12.5 Å². The molecule has 6 nitrogen and oxygen atoms in total. The Morgan fingerprint density at radius 3 is 2.72 bits per heavy atom. The molecule has 0 bridgehead atoms. The minimum absolute atomic E-state index is 0.0531. The molecule has 0 aliphatic carbocycles. The first-order valence-electron chi connectivity index (χ1n) is 5.87. The third kappa shape index (κ3) is 2.82. The zero-order chi connectivity index (χ0) is 13.2. The van der Waals surface area contributed by atoms with E-state index in [9.17, 15) is 0 Å². The fraction of sp³-hybridized carbons (Fsp3) is 0.500. The van der Waals surface area contributed by atoms with Crippen molar-refractivity contribution < 1.29 is 0 Å². The highest BCUT2D eigenvalue weighted by Crippen LogP contribution is 2.18. The summed E-state index contributed by atoms with van der Waals surface area (Å²) in [6.07, 6.45) is 3.45. The van der Waals surface area contributed by atoms with Crippen LogP contribution in [0.4, 0.5) is 5.82 Å². The fourth-order valence-electron chi connectivity index (χ4n) is 1.46. The number of anilines is 1. The minimum atomic E-state index is -0.0531. The van der Waals surface area contributed by atoms with E-state index in [2.05, 4.69) is 46.3 Å². The van der Waals surface area contributed by atoms with Gasteiger partial charge in [-0.2, -0.15) is 0 Å². The highest BCUT2D eigenvalue weighted by molar-refractivity contribution is 5.33. The first-order chi connectivity index (χ1) is 8.47. The molecular weight excluding hydrogens is 228 g/mol. The van der Waals surface area contributed by atoms with Crippen LogP contribution in [0.5, 0.6) is 0 Å². The van der Waals surface area contributed by atoms with Crippen molar-refractivity contribution in [1.29, 1.82) is 0 Å². The van der Waals surface area contributed by atoms with Crippen LogP contribution < -0.4 is 5.32 Å². The van der Waals surface area contributed by atoms with Crippen molar-refractivity contribution in [2.24, 2.45) is 7.05 Å². The Balaban J connectivity index is 2.09. The minimum Gasteiger partial charge on any atom is -0.363 e. The Hall–Kier alpha value is -1.98. The molecule has 1 N–H and O–H groups in total. The van der Waals surface area contributed by atoms with E-state index in [1.165, 1.54) is 0 Å². The van der Waals surface area contributed by atoms with Crippen LogP contribution in [0, 0.1) is 0 Å². The Labute approximate surface area is 106 Å². The summed E-state index contributed by atoms with van der Waals surface area (Å²) in [5.41, 5.74) is -0.0531. The van der Waals surface area contributed by atoms with Crippen LogP contribution in [0.2, 0.25) is 0 Å². The average molecular weight is 246 g/mol. The molecule has 2 aromatic heterocycles. The number of hydrogen-bond acceptors (Lipinski definition) is 5. The van der Waals surface area contributed by atoms with Crippen molar-refractivity contribution in [3.8, 4) is 0 Å². The van der Waals surface area contributed by atoms with Crippen molar-refractivity contribution in [2.45, 2.75) is 32.7 Å². The van der Waals surface area contributed by atoms with Gasteiger partial charge in [0.2, 0.25) is 0 Å². The van der Waals surface area contributed by atoms with Crippen LogP contribution in [0.25, 0.3) is 0 Å². The molecule has 0 aliphatic heterocycles. The Morgan fingerprint density at radius 2 is 2.11 bits per heavy atom. The lowest BCUT2D eigenvalue weighted by molar-refractivity contribution is 0.545. The second-order valence-electron chi connectivity index (χ2n) is 5.23. The molecule has 0 saturated heterocycles. The fourth-order valence-corrected chi connectivity index (χ4v) is 1.46. The first kappa shape index (κ1) is 12.5. The predicted molar refractivity (Wildman–Crippen MR) is 69.1 cm³/mol. The Bertz CT molecular complexity index is 525. The number of hydrogen-bond donors (Lipinski definition) is 1. The molecule has 2 aromatic rings. The van der Waals surface area contributed by atoms with Crippen LogP contribution in [0.3, 0.4) is 0 Å². The van der Waals surface area contributed by atoms with Gasteiger partial charge in [-0.1, -0.05) is 20.8 Å². The van der Waals surface area contributed by atoms with Gasteiger partial charge in [0.05, 0.1) is 6.54 Å².